The zero-order valence-electron chi connectivity index (χ0n) is 20.6. The van der Waals surface area contributed by atoms with Crippen molar-refractivity contribution in [3.05, 3.63) is 82.2 Å². The van der Waals surface area contributed by atoms with Crippen LogP contribution in [-0.4, -0.2) is 45.7 Å². The number of fused-ring (bicyclic) bond motifs is 1. The van der Waals surface area contributed by atoms with Crippen molar-refractivity contribution >= 4 is 39.8 Å². The monoisotopic (exact) mass is 499 g/mol. The van der Waals surface area contributed by atoms with Gasteiger partial charge in [0.05, 0.1) is 25.5 Å². The number of amidine groups is 2. The van der Waals surface area contributed by atoms with Crippen LogP contribution in [0.15, 0.2) is 64.2 Å². The number of rotatable bonds is 5. The quantitative estimate of drug-likeness (QED) is 0.494. The molecule has 5 rings (SSSR count). The van der Waals surface area contributed by atoms with E-state index < -0.39 is 5.91 Å². The first-order chi connectivity index (χ1) is 17.3. The van der Waals surface area contributed by atoms with Gasteiger partial charge < -0.3 is 14.0 Å². The highest BCUT2D eigenvalue weighted by atomic mass is 32.2. The average molecular weight is 500 g/mol. The van der Waals surface area contributed by atoms with Crippen molar-refractivity contribution in [1.29, 1.82) is 5.41 Å². The molecule has 2 aliphatic rings. The molecular weight excluding hydrogens is 474 g/mol. The van der Waals surface area contributed by atoms with E-state index in [-0.39, 0.29) is 11.4 Å². The van der Waals surface area contributed by atoms with Gasteiger partial charge in [0, 0.05) is 23.0 Å². The number of nitrogens with one attached hydrogen (secondary N) is 1. The van der Waals surface area contributed by atoms with Gasteiger partial charge in [-0.1, -0.05) is 24.3 Å². The normalized spacial score (nSPS) is 16.2. The number of carbonyl (C=O) groups excluding carboxylic acids is 1. The predicted octanol–water partition coefficient (Wildman–Crippen LogP) is 5.09. The summed E-state index contributed by atoms with van der Waals surface area (Å²) in [4.78, 5) is 17.2. The highest BCUT2D eigenvalue weighted by Gasteiger charge is 2.36. The number of methoxy groups -OCH3 is 2. The molecular formula is C27H25N5O3S. The number of aliphatic imine (C=N–C) groups is 1. The average Bonchev–Trinajstić information content (AvgIpc) is 3.41. The van der Waals surface area contributed by atoms with E-state index in [1.807, 2.05) is 69.3 Å². The van der Waals surface area contributed by atoms with Crippen molar-refractivity contribution < 1.29 is 14.3 Å². The van der Waals surface area contributed by atoms with Crippen LogP contribution < -0.4 is 9.47 Å². The van der Waals surface area contributed by atoms with Crippen molar-refractivity contribution in [2.45, 2.75) is 20.8 Å². The number of amides is 1. The standard InChI is InChI=1S/C27H25N5O3S/c1-15-8-6-7-9-20(15)26-30-32-24(28)21(25(33)29-27(32)36-26)13-18-12-16(2)31(17(18)3)22-11-10-19(34-4)14-23(22)35-5/h6-14,28H,1-5H3. The molecule has 1 amide bonds. The third-order valence-electron chi connectivity index (χ3n) is 6.23. The second-order valence-electron chi connectivity index (χ2n) is 8.44. The minimum absolute atomic E-state index is 0.00733. The van der Waals surface area contributed by atoms with E-state index in [9.17, 15) is 4.79 Å². The molecule has 36 heavy (non-hydrogen) atoms. The first-order valence-electron chi connectivity index (χ1n) is 11.3. The predicted molar refractivity (Wildman–Crippen MR) is 144 cm³/mol. The van der Waals surface area contributed by atoms with E-state index >= 15 is 0 Å². The second-order valence-corrected chi connectivity index (χ2v) is 9.40. The van der Waals surface area contributed by atoms with Crippen LogP contribution in [0.4, 0.5) is 0 Å². The number of aromatic nitrogens is 1. The summed E-state index contributed by atoms with van der Waals surface area (Å²) in [5, 5.41) is 15.9. The van der Waals surface area contributed by atoms with Crippen LogP contribution in [0.25, 0.3) is 11.8 Å². The molecule has 182 valence electrons. The molecule has 9 heteroatoms. The number of hydrazone groups is 1. The van der Waals surface area contributed by atoms with Crippen LogP contribution in [0, 0.1) is 26.2 Å². The number of hydrogen-bond acceptors (Lipinski definition) is 6. The first kappa shape index (κ1) is 23.6. The zero-order chi connectivity index (χ0) is 25.6. The highest BCUT2D eigenvalue weighted by molar-refractivity contribution is 8.27. The van der Waals surface area contributed by atoms with E-state index in [2.05, 4.69) is 14.7 Å². The number of ether oxygens (including phenoxy) is 2. The third kappa shape index (κ3) is 3.91. The lowest BCUT2D eigenvalue weighted by atomic mass is 10.1. The molecule has 1 N–H and O–H groups in total. The van der Waals surface area contributed by atoms with Crippen molar-refractivity contribution in [2.75, 3.05) is 14.2 Å². The largest absolute Gasteiger partial charge is 0.497 e. The molecule has 2 aliphatic heterocycles. The minimum atomic E-state index is -0.452. The second kappa shape index (κ2) is 9.16. The molecule has 3 heterocycles. The van der Waals surface area contributed by atoms with Gasteiger partial charge in [0.15, 0.2) is 5.84 Å². The Morgan fingerprint density at radius 1 is 1.03 bits per heavy atom. The molecule has 3 aromatic rings. The number of carbonyl (C=O) groups is 1. The smallest absolute Gasteiger partial charge is 0.283 e. The van der Waals surface area contributed by atoms with Crippen LogP contribution in [0.2, 0.25) is 0 Å². The molecule has 0 spiro atoms. The Morgan fingerprint density at radius 3 is 2.53 bits per heavy atom. The maximum Gasteiger partial charge on any atom is 0.283 e. The van der Waals surface area contributed by atoms with Gasteiger partial charge in [0.25, 0.3) is 5.91 Å². The zero-order valence-corrected chi connectivity index (χ0v) is 21.4. The van der Waals surface area contributed by atoms with Crippen molar-refractivity contribution in [2.24, 2.45) is 10.1 Å². The summed E-state index contributed by atoms with van der Waals surface area (Å²) < 4.78 is 13.0. The molecule has 0 aliphatic carbocycles. The fourth-order valence-corrected chi connectivity index (χ4v) is 5.32. The Labute approximate surface area is 213 Å². The number of hydrogen-bond donors (Lipinski definition) is 1. The number of benzene rings is 2. The van der Waals surface area contributed by atoms with Crippen LogP contribution in [0.5, 0.6) is 11.5 Å². The van der Waals surface area contributed by atoms with Gasteiger partial charge in [-0.2, -0.15) is 15.1 Å². The molecule has 0 bridgehead atoms. The molecule has 8 nitrogen and oxygen atoms in total. The van der Waals surface area contributed by atoms with Gasteiger partial charge in [0.2, 0.25) is 5.17 Å². The van der Waals surface area contributed by atoms with Gasteiger partial charge in [0.1, 0.15) is 16.5 Å². The van der Waals surface area contributed by atoms with E-state index in [0.29, 0.717) is 16.7 Å². The lowest BCUT2D eigenvalue weighted by molar-refractivity contribution is -0.114. The summed E-state index contributed by atoms with van der Waals surface area (Å²) in [5.74, 6) is 0.919. The molecule has 0 unspecified atom stereocenters. The number of aryl methyl sites for hydroxylation is 2. The maximum atomic E-state index is 13.0. The Morgan fingerprint density at radius 2 is 1.81 bits per heavy atom. The number of nitrogens with zero attached hydrogens (tertiary/aromatic N) is 4. The SMILES string of the molecule is COc1ccc(-n2c(C)cc(C=C3C(=N)N4N=C(c5ccccc5C)SC4=NC3=O)c2C)c(OC)c1. The fraction of sp³-hybridized carbons (Fsp3) is 0.185. The number of thioether (sulfide) groups is 1. The summed E-state index contributed by atoms with van der Waals surface area (Å²) in [5.41, 5.74) is 5.74. The summed E-state index contributed by atoms with van der Waals surface area (Å²) >= 11 is 1.30. The van der Waals surface area contributed by atoms with Crippen molar-refractivity contribution in [3.8, 4) is 17.2 Å². The lowest BCUT2D eigenvalue weighted by Gasteiger charge is -2.20. The molecule has 2 aromatic carbocycles. The van der Waals surface area contributed by atoms with Crippen LogP contribution in [0.3, 0.4) is 0 Å². The van der Waals surface area contributed by atoms with Crippen LogP contribution in [0.1, 0.15) is 28.1 Å². The van der Waals surface area contributed by atoms with E-state index in [4.69, 9.17) is 14.9 Å². The molecule has 0 saturated heterocycles. The van der Waals surface area contributed by atoms with Crippen molar-refractivity contribution in [1.82, 2.24) is 9.58 Å². The Kier molecular flexibility index (Phi) is 6.01. The van der Waals surface area contributed by atoms with E-state index in [1.165, 1.54) is 16.8 Å². The highest BCUT2D eigenvalue weighted by Crippen LogP contribution is 2.34. The van der Waals surface area contributed by atoms with Gasteiger partial charge >= 0.3 is 0 Å². The van der Waals surface area contributed by atoms with Gasteiger partial charge in [-0.3, -0.25) is 10.2 Å². The van der Waals surface area contributed by atoms with Gasteiger partial charge in [-0.25, -0.2) is 0 Å². The molecule has 1 aromatic heterocycles. The van der Waals surface area contributed by atoms with Gasteiger partial charge in [-0.05, 0) is 67.9 Å². The van der Waals surface area contributed by atoms with Crippen LogP contribution in [-0.2, 0) is 4.79 Å². The molecule has 0 fully saturated rings. The minimum Gasteiger partial charge on any atom is -0.497 e. The van der Waals surface area contributed by atoms with E-state index in [1.54, 1.807) is 20.3 Å². The van der Waals surface area contributed by atoms with Crippen molar-refractivity contribution in [3.63, 3.8) is 0 Å². The Hall–Kier alpha value is -4.11. The summed E-state index contributed by atoms with van der Waals surface area (Å²) in [6.45, 7) is 5.96. The maximum absolute atomic E-state index is 13.0. The lowest BCUT2D eigenvalue weighted by Crippen LogP contribution is -2.35. The summed E-state index contributed by atoms with van der Waals surface area (Å²) in [6, 6.07) is 15.5. The topological polar surface area (TPSA) is 92.3 Å². The molecule has 0 saturated carbocycles. The third-order valence-corrected chi connectivity index (χ3v) is 7.17. The van der Waals surface area contributed by atoms with Gasteiger partial charge in [-0.15, -0.1) is 0 Å². The molecule has 0 radical (unpaired) electrons. The summed E-state index contributed by atoms with van der Waals surface area (Å²) in [6.07, 6.45) is 1.71. The Bertz CT molecular complexity index is 1520. The molecule has 0 atom stereocenters. The summed E-state index contributed by atoms with van der Waals surface area (Å²) in [7, 11) is 3.23. The van der Waals surface area contributed by atoms with E-state index in [0.717, 1.165) is 38.8 Å². The first-order valence-corrected chi connectivity index (χ1v) is 12.1. The Balaban J connectivity index is 1.53. The van der Waals surface area contributed by atoms with Crippen LogP contribution >= 0.6 is 11.8 Å². The fourth-order valence-electron chi connectivity index (χ4n) is 4.34.